The van der Waals surface area contributed by atoms with E-state index >= 15 is 0 Å². The fraction of sp³-hybridized carbons (Fsp3) is 0.647. The summed E-state index contributed by atoms with van der Waals surface area (Å²) in [5, 5.41) is 13.5. The molecule has 21 heavy (non-hydrogen) atoms. The third-order valence-corrected chi connectivity index (χ3v) is 4.88. The number of piperidine rings is 1. The molecule has 0 aromatic heterocycles. The maximum atomic E-state index is 9.12. The van der Waals surface area contributed by atoms with Crippen molar-refractivity contribution in [3.8, 4) is 0 Å². The maximum absolute atomic E-state index is 9.12. The fourth-order valence-corrected chi connectivity index (χ4v) is 3.49. The third kappa shape index (κ3) is 4.12. The summed E-state index contributed by atoms with van der Waals surface area (Å²) in [5.74, 6) is 0.594. The van der Waals surface area contributed by atoms with Crippen molar-refractivity contribution in [2.75, 3.05) is 24.6 Å². The highest BCUT2D eigenvalue weighted by molar-refractivity contribution is 6.33. The van der Waals surface area contributed by atoms with Gasteiger partial charge in [-0.05, 0) is 55.7 Å². The number of aliphatic hydroxyl groups is 1. The van der Waals surface area contributed by atoms with Gasteiger partial charge in [0.25, 0.3) is 0 Å². The summed E-state index contributed by atoms with van der Waals surface area (Å²) in [7, 11) is 0. The molecule has 3 rings (SSSR count). The highest BCUT2D eigenvalue weighted by Gasteiger charge is 2.22. The molecule has 1 aromatic rings. The Labute approximate surface area is 132 Å². The summed E-state index contributed by atoms with van der Waals surface area (Å²) in [6.45, 7) is 3.29. The number of benzene rings is 1. The van der Waals surface area contributed by atoms with Crippen LogP contribution in [-0.2, 0) is 6.54 Å². The molecule has 1 heterocycles. The normalized spacial score (nSPS) is 22.6. The molecule has 1 saturated heterocycles. The van der Waals surface area contributed by atoms with E-state index in [2.05, 4.69) is 28.4 Å². The van der Waals surface area contributed by atoms with Crippen LogP contribution in [-0.4, -0.2) is 30.8 Å². The van der Waals surface area contributed by atoms with E-state index in [0.717, 1.165) is 42.8 Å². The second-order valence-electron chi connectivity index (χ2n) is 6.41. The molecule has 2 N–H and O–H groups in total. The van der Waals surface area contributed by atoms with Crippen LogP contribution >= 0.6 is 11.6 Å². The molecule has 0 bridgehead atoms. The average molecular weight is 309 g/mol. The van der Waals surface area contributed by atoms with Gasteiger partial charge in [0.1, 0.15) is 0 Å². The Morgan fingerprint density at radius 1 is 1.29 bits per heavy atom. The summed E-state index contributed by atoms with van der Waals surface area (Å²) in [6, 6.07) is 7.17. The summed E-state index contributed by atoms with van der Waals surface area (Å²) >= 11 is 6.50. The maximum Gasteiger partial charge on any atom is 0.0642 e. The van der Waals surface area contributed by atoms with Gasteiger partial charge in [0.2, 0.25) is 0 Å². The van der Waals surface area contributed by atoms with Gasteiger partial charge in [-0.15, -0.1) is 0 Å². The van der Waals surface area contributed by atoms with Gasteiger partial charge in [-0.25, -0.2) is 0 Å². The van der Waals surface area contributed by atoms with Crippen LogP contribution in [0.4, 0.5) is 5.69 Å². The summed E-state index contributed by atoms with van der Waals surface area (Å²) < 4.78 is 0. The van der Waals surface area contributed by atoms with Gasteiger partial charge in [-0.3, -0.25) is 0 Å². The van der Waals surface area contributed by atoms with Crippen molar-refractivity contribution in [2.45, 2.75) is 44.7 Å². The molecule has 4 heteroatoms. The molecule has 0 radical (unpaired) electrons. The lowest BCUT2D eigenvalue weighted by atomic mass is 9.94. The quantitative estimate of drug-likeness (QED) is 0.847. The zero-order valence-electron chi connectivity index (χ0n) is 12.5. The van der Waals surface area contributed by atoms with Gasteiger partial charge in [-0.1, -0.05) is 17.7 Å². The number of hydrogen-bond acceptors (Lipinski definition) is 3. The van der Waals surface area contributed by atoms with E-state index in [1.165, 1.54) is 31.2 Å². The van der Waals surface area contributed by atoms with E-state index in [0.29, 0.717) is 5.92 Å². The Morgan fingerprint density at radius 2 is 2.14 bits per heavy atom. The summed E-state index contributed by atoms with van der Waals surface area (Å²) in [5.41, 5.74) is 2.41. The van der Waals surface area contributed by atoms with Crippen LogP contribution in [0.25, 0.3) is 0 Å². The minimum Gasteiger partial charge on any atom is -0.396 e. The highest BCUT2D eigenvalue weighted by Crippen LogP contribution is 2.31. The summed E-state index contributed by atoms with van der Waals surface area (Å²) in [4.78, 5) is 2.38. The predicted octanol–water partition coefficient (Wildman–Crippen LogP) is 3.19. The second kappa shape index (κ2) is 6.99. The van der Waals surface area contributed by atoms with E-state index in [-0.39, 0.29) is 6.61 Å². The first kappa shape index (κ1) is 15.1. The zero-order valence-corrected chi connectivity index (χ0v) is 13.3. The standard InChI is InChI=1S/C17H25ClN2O/c18-16-10-14(11-19-15-4-5-15)3-6-17(16)20-8-1-2-13(12-20)7-9-21/h3,6,10,13,15,19,21H,1-2,4-5,7-9,11-12H2. The number of aliphatic hydroxyl groups excluding tert-OH is 1. The molecule has 2 aliphatic rings. The van der Waals surface area contributed by atoms with Crippen molar-refractivity contribution in [2.24, 2.45) is 5.92 Å². The van der Waals surface area contributed by atoms with E-state index in [4.69, 9.17) is 16.7 Å². The molecule has 116 valence electrons. The Morgan fingerprint density at radius 3 is 2.86 bits per heavy atom. The molecule has 0 spiro atoms. The summed E-state index contributed by atoms with van der Waals surface area (Å²) in [6.07, 6.45) is 5.93. The lowest BCUT2D eigenvalue weighted by molar-refractivity contribution is 0.244. The zero-order chi connectivity index (χ0) is 14.7. The van der Waals surface area contributed by atoms with E-state index < -0.39 is 0 Å². The lowest BCUT2D eigenvalue weighted by Crippen LogP contribution is -2.35. The lowest BCUT2D eigenvalue weighted by Gasteiger charge is -2.35. The number of hydrogen-bond donors (Lipinski definition) is 2. The molecule has 3 nitrogen and oxygen atoms in total. The fourth-order valence-electron chi connectivity index (χ4n) is 3.17. The van der Waals surface area contributed by atoms with E-state index in [9.17, 15) is 0 Å². The van der Waals surface area contributed by atoms with Gasteiger partial charge in [0, 0.05) is 32.3 Å². The Hall–Kier alpha value is -0.770. The number of rotatable bonds is 6. The molecule has 1 saturated carbocycles. The largest absolute Gasteiger partial charge is 0.396 e. The van der Waals surface area contributed by atoms with Gasteiger partial charge in [-0.2, -0.15) is 0 Å². The molecule has 1 unspecified atom stereocenters. The van der Waals surface area contributed by atoms with Crippen molar-refractivity contribution >= 4 is 17.3 Å². The highest BCUT2D eigenvalue weighted by atomic mass is 35.5. The topological polar surface area (TPSA) is 35.5 Å². The number of anilines is 1. The molecule has 1 atom stereocenters. The SMILES string of the molecule is OCCC1CCCN(c2ccc(CNC3CC3)cc2Cl)C1. The Kier molecular flexibility index (Phi) is 5.04. The number of nitrogens with one attached hydrogen (secondary N) is 1. The third-order valence-electron chi connectivity index (χ3n) is 4.58. The van der Waals surface area contributed by atoms with Crippen LogP contribution in [0.15, 0.2) is 18.2 Å². The molecule has 2 fully saturated rings. The van der Waals surface area contributed by atoms with Gasteiger partial charge in [0.15, 0.2) is 0 Å². The van der Waals surface area contributed by atoms with E-state index in [1.54, 1.807) is 0 Å². The first-order valence-electron chi connectivity index (χ1n) is 8.14. The van der Waals surface area contributed by atoms with Crippen LogP contribution in [0.2, 0.25) is 5.02 Å². The van der Waals surface area contributed by atoms with Crippen LogP contribution in [0.3, 0.4) is 0 Å². The van der Waals surface area contributed by atoms with E-state index in [1.807, 2.05) is 0 Å². The van der Waals surface area contributed by atoms with Crippen LogP contribution in [0, 0.1) is 5.92 Å². The van der Waals surface area contributed by atoms with Crippen LogP contribution in [0.1, 0.15) is 37.7 Å². The number of halogens is 1. The van der Waals surface area contributed by atoms with Gasteiger partial charge < -0.3 is 15.3 Å². The predicted molar refractivity (Wildman–Crippen MR) is 88.0 cm³/mol. The molecule has 1 aliphatic heterocycles. The van der Waals surface area contributed by atoms with Gasteiger partial charge >= 0.3 is 0 Å². The first-order chi connectivity index (χ1) is 10.3. The molecular formula is C17H25ClN2O. The van der Waals surface area contributed by atoms with Crippen molar-refractivity contribution in [3.63, 3.8) is 0 Å². The van der Waals surface area contributed by atoms with Crippen molar-refractivity contribution in [1.82, 2.24) is 5.32 Å². The van der Waals surface area contributed by atoms with Crippen molar-refractivity contribution < 1.29 is 5.11 Å². The molecule has 0 amide bonds. The smallest absolute Gasteiger partial charge is 0.0642 e. The second-order valence-corrected chi connectivity index (χ2v) is 6.81. The molecule has 1 aliphatic carbocycles. The van der Waals surface area contributed by atoms with Crippen LogP contribution in [0.5, 0.6) is 0 Å². The minimum absolute atomic E-state index is 0.290. The minimum atomic E-state index is 0.290. The Bertz CT molecular complexity index is 474. The molecule has 1 aromatic carbocycles. The number of nitrogens with zero attached hydrogens (tertiary/aromatic N) is 1. The van der Waals surface area contributed by atoms with Crippen molar-refractivity contribution in [3.05, 3.63) is 28.8 Å². The Balaban J connectivity index is 1.63. The average Bonchev–Trinajstić information content (AvgIpc) is 3.30. The molecular weight excluding hydrogens is 284 g/mol. The first-order valence-corrected chi connectivity index (χ1v) is 8.51. The van der Waals surface area contributed by atoms with Crippen LogP contribution < -0.4 is 10.2 Å². The monoisotopic (exact) mass is 308 g/mol. The van der Waals surface area contributed by atoms with Crippen molar-refractivity contribution in [1.29, 1.82) is 0 Å². The van der Waals surface area contributed by atoms with Gasteiger partial charge in [0.05, 0.1) is 10.7 Å².